The zero-order chi connectivity index (χ0) is 13.2. The predicted molar refractivity (Wildman–Crippen MR) is 64.5 cm³/mol. The molecule has 2 saturated heterocycles. The first-order chi connectivity index (χ1) is 8.51. The summed E-state index contributed by atoms with van der Waals surface area (Å²) in [6, 6.07) is 0. The van der Waals surface area contributed by atoms with Crippen molar-refractivity contribution in [1.29, 1.82) is 5.41 Å². The number of nitrogens with one attached hydrogen (secondary N) is 1. The summed E-state index contributed by atoms with van der Waals surface area (Å²) in [5.74, 6) is -0.142. The minimum absolute atomic E-state index is 0.106. The molecule has 0 bridgehead atoms. The van der Waals surface area contributed by atoms with Gasteiger partial charge in [0, 0.05) is 26.2 Å². The molecule has 0 saturated carbocycles. The summed E-state index contributed by atoms with van der Waals surface area (Å²) >= 11 is 0. The number of amidine groups is 1. The molecular weight excluding hydrogens is 260 g/mol. The summed E-state index contributed by atoms with van der Waals surface area (Å²) in [6.07, 6.45) is -0.644. The van der Waals surface area contributed by atoms with Crippen molar-refractivity contribution < 1.29 is 17.9 Å². The Morgan fingerprint density at radius 2 is 1.78 bits per heavy atom. The SMILES string of the molecule is N=C(N)C1CN(S(=O)(=O)N2CCOCC2)CCO1. The molecule has 2 rings (SSSR count). The highest BCUT2D eigenvalue weighted by atomic mass is 32.2. The molecule has 1 atom stereocenters. The number of hydrogen-bond acceptors (Lipinski definition) is 5. The van der Waals surface area contributed by atoms with Gasteiger partial charge >= 0.3 is 0 Å². The molecule has 0 aromatic heterocycles. The van der Waals surface area contributed by atoms with Gasteiger partial charge in [-0.2, -0.15) is 17.0 Å². The van der Waals surface area contributed by atoms with Crippen molar-refractivity contribution in [3.05, 3.63) is 0 Å². The quantitative estimate of drug-likeness (QED) is 0.467. The Balaban J connectivity index is 2.06. The van der Waals surface area contributed by atoms with Gasteiger partial charge in [-0.25, -0.2) is 0 Å². The normalized spacial score (nSPS) is 28.1. The van der Waals surface area contributed by atoms with Crippen LogP contribution in [0.25, 0.3) is 0 Å². The Hall–Kier alpha value is -0.740. The minimum Gasteiger partial charge on any atom is -0.385 e. The van der Waals surface area contributed by atoms with Crippen molar-refractivity contribution in [1.82, 2.24) is 8.61 Å². The van der Waals surface area contributed by atoms with Crippen LogP contribution in [0.3, 0.4) is 0 Å². The van der Waals surface area contributed by atoms with Gasteiger partial charge in [0.25, 0.3) is 10.2 Å². The molecule has 2 aliphatic rings. The van der Waals surface area contributed by atoms with E-state index in [4.69, 9.17) is 20.6 Å². The Morgan fingerprint density at radius 3 is 2.39 bits per heavy atom. The van der Waals surface area contributed by atoms with E-state index in [-0.39, 0.29) is 19.0 Å². The lowest BCUT2D eigenvalue weighted by Gasteiger charge is -2.36. The van der Waals surface area contributed by atoms with Crippen molar-refractivity contribution in [2.75, 3.05) is 46.0 Å². The molecule has 2 fully saturated rings. The molecule has 0 spiro atoms. The second kappa shape index (κ2) is 5.49. The Bertz CT molecular complexity index is 407. The summed E-state index contributed by atoms with van der Waals surface area (Å²) in [7, 11) is -3.50. The molecule has 18 heavy (non-hydrogen) atoms. The number of rotatable bonds is 3. The number of nitrogens with two attached hydrogens (primary N) is 1. The van der Waals surface area contributed by atoms with E-state index in [2.05, 4.69) is 0 Å². The van der Waals surface area contributed by atoms with Gasteiger partial charge in [-0.3, -0.25) is 5.41 Å². The molecule has 0 aliphatic carbocycles. The molecule has 0 amide bonds. The maximum absolute atomic E-state index is 12.3. The summed E-state index contributed by atoms with van der Waals surface area (Å²) in [6.45, 7) is 2.22. The van der Waals surface area contributed by atoms with Gasteiger partial charge in [-0.05, 0) is 0 Å². The van der Waals surface area contributed by atoms with Crippen LogP contribution in [0.1, 0.15) is 0 Å². The molecule has 104 valence electrons. The van der Waals surface area contributed by atoms with Crippen LogP contribution in [-0.2, 0) is 19.7 Å². The van der Waals surface area contributed by atoms with E-state index in [0.717, 1.165) is 0 Å². The number of hydrogen-bond donors (Lipinski definition) is 2. The first kappa shape index (κ1) is 13.7. The van der Waals surface area contributed by atoms with Gasteiger partial charge < -0.3 is 15.2 Å². The molecule has 1 unspecified atom stereocenters. The third-order valence-corrected chi connectivity index (χ3v) is 5.00. The fourth-order valence-corrected chi connectivity index (χ4v) is 3.53. The van der Waals surface area contributed by atoms with Crippen molar-refractivity contribution in [3.8, 4) is 0 Å². The maximum Gasteiger partial charge on any atom is 0.282 e. The molecule has 0 radical (unpaired) electrons. The first-order valence-electron chi connectivity index (χ1n) is 5.80. The predicted octanol–water partition coefficient (Wildman–Crippen LogP) is -1.80. The molecule has 3 N–H and O–H groups in total. The van der Waals surface area contributed by atoms with E-state index in [0.29, 0.717) is 32.8 Å². The van der Waals surface area contributed by atoms with Crippen LogP contribution in [0, 0.1) is 5.41 Å². The van der Waals surface area contributed by atoms with E-state index >= 15 is 0 Å². The van der Waals surface area contributed by atoms with Crippen LogP contribution in [-0.4, -0.2) is 75.0 Å². The maximum atomic E-state index is 12.3. The van der Waals surface area contributed by atoms with E-state index in [1.807, 2.05) is 0 Å². The van der Waals surface area contributed by atoms with Gasteiger partial charge in [-0.1, -0.05) is 0 Å². The minimum atomic E-state index is -3.50. The zero-order valence-electron chi connectivity index (χ0n) is 10.0. The molecule has 0 aromatic carbocycles. The van der Waals surface area contributed by atoms with E-state index in [1.165, 1.54) is 8.61 Å². The molecule has 2 aliphatic heterocycles. The Kier molecular flexibility index (Phi) is 4.17. The highest BCUT2D eigenvalue weighted by molar-refractivity contribution is 7.86. The van der Waals surface area contributed by atoms with Crippen LogP contribution >= 0.6 is 0 Å². The highest BCUT2D eigenvalue weighted by Gasteiger charge is 2.35. The smallest absolute Gasteiger partial charge is 0.282 e. The lowest BCUT2D eigenvalue weighted by atomic mass is 10.3. The van der Waals surface area contributed by atoms with Crippen LogP contribution in [0.15, 0.2) is 0 Å². The fraction of sp³-hybridized carbons (Fsp3) is 0.889. The topological polar surface area (TPSA) is 109 Å². The molecule has 2 heterocycles. The van der Waals surface area contributed by atoms with Gasteiger partial charge in [0.15, 0.2) is 0 Å². The average Bonchev–Trinajstić information content (AvgIpc) is 2.40. The lowest BCUT2D eigenvalue weighted by Crippen LogP contribution is -2.55. The van der Waals surface area contributed by atoms with Gasteiger partial charge in [0.1, 0.15) is 11.9 Å². The first-order valence-corrected chi connectivity index (χ1v) is 7.20. The number of morpholine rings is 2. The summed E-state index contributed by atoms with van der Waals surface area (Å²) in [4.78, 5) is 0. The van der Waals surface area contributed by atoms with Crippen LogP contribution in [0.5, 0.6) is 0 Å². The van der Waals surface area contributed by atoms with Crippen molar-refractivity contribution in [2.24, 2.45) is 5.73 Å². The van der Waals surface area contributed by atoms with E-state index < -0.39 is 16.3 Å². The van der Waals surface area contributed by atoms with Crippen molar-refractivity contribution in [3.63, 3.8) is 0 Å². The van der Waals surface area contributed by atoms with E-state index in [1.54, 1.807) is 0 Å². The van der Waals surface area contributed by atoms with Gasteiger partial charge in [0.05, 0.1) is 19.8 Å². The zero-order valence-corrected chi connectivity index (χ0v) is 10.9. The summed E-state index contributed by atoms with van der Waals surface area (Å²) in [5.41, 5.74) is 5.35. The largest absolute Gasteiger partial charge is 0.385 e. The Labute approximate surface area is 106 Å². The standard InChI is InChI=1S/C9H18N4O4S/c10-9(11)8-7-13(3-6-17-8)18(14,15)12-1-4-16-5-2-12/h8H,1-7H2,(H3,10,11). The summed E-state index contributed by atoms with van der Waals surface area (Å²) in [5, 5.41) is 7.33. The second-order valence-corrected chi connectivity index (χ2v) is 6.12. The molecular formula is C9H18N4O4S. The summed E-state index contributed by atoms with van der Waals surface area (Å²) < 4.78 is 37.8. The van der Waals surface area contributed by atoms with Crippen LogP contribution in [0.2, 0.25) is 0 Å². The van der Waals surface area contributed by atoms with Gasteiger partial charge in [-0.15, -0.1) is 0 Å². The molecule has 0 aromatic rings. The highest BCUT2D eigenvalue weighted by Crippen LogP contribution is 2.15. The van der Waals surface area contributed by atoms with Crippen LogP contribution < -0.4 is 5.73 Å². The molecule has 8 nitrogen and oxygen atoms in total. The Morgan fingerprint density at radius 1 is 1.17 bits per heavy atom. The second-order valence-electron chi connectivity index (χ2n) is 4.19. The monoisotopic (exact) mass is 278 g/mol. The van der Waals surface area contributed by atoms with Crippen LogP contribution in [0.4, 0.5) is 0 Å². The fourth-order valence-electron chi connectivity index (χ4n) is 1.96. The molecule has 9 heteroatoms. The third kappa shape index (κ3) is 2.81. The average molecular weight is 278 g/mol. The van der Waals surface area contributed by atoms with Gasteiger partial charge in [0.2, 0.25) is 0 Å². The van der Waals surface area contributed by atoms with Crippen molar-refractivity contribution >= 4 is 16.0 Å². The lowest BCUT2D eigenvalue weighted by molar-refractivity contribution is 0.0298. The van der Waals surface area contributed by atoms with Crippen molar-refractivity contribution in [2.45, 2.75) is 6.10 Å². The third-order valence-electron chi connectivity index (χ3n) is 3.00. The number of ether oxygens (including phenoxy) is 2. The van der Waals surface area contributed by atoms with E-state index in [9.17, 15) is 8.42 Å². The number of nitrogens with zero attached hydrogens (tertiary/aromatic N) is 2.